The molecular formula is C14H17BF2O7S. The Kier molecular flexibility index (Phi) is 7.49. The molecule has 7 nitrogen and oxygen atoms in total. The van der Waals surface area contributed by atoms with Crippen LogP contribution in [0, 0.1) is 0 Å². The van der Waals surface area contributed by atoms with E-state index in [1.807, 2.05) is 7.85 Å². The van der Waals surface area contributed by atoms with Crippen molar-refractivity contribution in [1.82, 2.24) is 0 Å². The van der Waals surface area contributed by atoms with E-state index in [4.69, 9.17) is 9.29 Å². The molecule has 0 radical (unpaired) electrons. The molecule has 11 heteroatoms. The van der Waals surface area contributed by atoms with Gasteiger partial charge in [0, 0.05) is 6.42 Å². The van der Waals surface area contributed by atoms with Gasteiger partial charge in [0.05, 0.1) is 12.2 Å². The van der Waals surface area contributed by atoms with E-state index in [1.54, 1.807) is 24.3 Å². The van der Waals surface area contributed by atoms with E-state index in [0.717, 1.165) is 11.9 Å². The average Bonchev–Trinajstić information content (AvgIpc) is 2.55. The minimum atomic E-state index is -5.65. The zero-order chi connectivity index (χ0) is 19.1. The molecule has 0 heterocycles. The molecule has 0 saturated heterocycles. The summed E-state index contributed by atoms with van der Waals surface area (Å²) in [4.78, 5) is 23.0. The highest BCUT2D eigenvalue weighted by molar-refractivity contribution is 7.86. The molecule has 0 aromatic heterocycles. The summed E-state index contributed by atoms with van der Waals surface area (Å²) in [5, 5.41) is -4.57. The fourth-order valence-electron chi connectivity index (χ4n) is 1.65. The van der Waals surface area contributed by atoms with Gasteiger partial charge in [-0.2, -0.15) is 17.2 Å². The van der Waals surface area contributed by atoms with Crippen LogP contribution in [0.1, 0.15) is 28.8 Å². The second-order valence-corrected chi connectivity index (χ2v) is 6.61. The van der Waals surface area contributed by atoms with Crippen LogP contribution in [0.25, 0.3) is 0 Å². The molecule has 138 valence electrons. The number of benzene rings is 1. The summed E-state index contributed by atoms with van der Waals surface area (Å²) >= 11 is 0. The molecule has 1 aromatic rings. The van der Waals surface area contributed by atoms with Crippen LogP contribution in [0.2, 0.25) is 0 Å². The quantitative estimate of drug-likeness (QED) is 0.293. The fraction of sp³-hybridized carbons (Fsp3) is 0.429. The topological polar surface area (TPSA) is 107 Å². The second kappa shape index (κ2) is 8.91. The van der Waals surface area contributed by atoms with Crippen molar-refractivity contribution in [1.29, 1.82) is 0 Å². The summed E-state index contributed by atoms with van der Waals surface area (Å²) < 4.78 is 63.6. The molecule has 0 atom stereocenters. The molecule has 0 aliphatic carbocycles. The summed E-state index contributed by atoms with van der Waals surface area (Å²) in [6.07, 6.45) is 0.479. The first kappa shape index (κ1) is 21.0. The highest BCUT2D eigenvalue weighted by Crippen LogP contribution is 2.20. The number of carbonyl (C=O) groups is 2. The van der Waals surface area contributed by atoms with E-state index in [2.05, 4.69) is 4.74 Å². The van der Waals surface area contributed by atoms with Crippen molar-refractivity contribution >= 4 is 29.9 Å². The van der Waals surface area contributed by atoms with Crippen molar-refractivity contribution in [2.45, 2.75) is 24.4 Å². The smallest absolute Gasteiger partial charge is 0.402 e. The Morgan fingerprint density at radius 3 is 2.28 bits per heavy atom. The lowest BCUT2D eigenvalue weighted by atomic mass is 9.96. The molecule has 0 spiro atoms. The van der Waals surface area contributed by atoms with Crippen LogP contribution in [0.3, 0.4) is 0 Å². The molecule has 25 heavy (non-hydrogen) atoms. The molecule has 0 aliphatic rings. The fourth-order valence-corrected chi connectivity index (χ4v) is 1.86. The minimum Gasteiger partial charge on any atom is -0.462 e. The summed E-state index contributed by atoms with van der Waals surface area (Å²) in [7, 11) is -3.68. The number of alkyl halides is 2. The van der Waals surface area contributed by atoms with Crippen molar-refractivity contribution < 1.29 is 40.8 Å². The zero-order valence-electron chi connectivity index (χ0n) is 13.4. The van der Waals surface area contributed by atoms with Crippen molar-refractivity contribution in [3.8, 4) is 0 Å². The van der Waals surface area contributed by atoms with Crippen LogP contribution in [-0.4, -0.2) is 51.2 Å². The predicted octanol–water partition coefficient (Wildman–Crippen LogP) is 0.781. The van der Waals surface area contributed by atoms with Gasteiger partial charge in [-0.05, 0) is 18.6 Å². The van der Waals surface area contributed by atoms with Crippen LogP contribution in [0.5, 0.6) is 0 Å². The first-order valence-corrected chi connectivity index (χ1v) is 8.77. The zero-order valence-corrected chi connectivity index (χ0v) is 14.2. The van der Waals surface area contributed by atoms with Crippen LogP contribution in [0.15, 0.2) is 24.3 Å². The number of rotatable bonds is 9. The van der Waals surface area contributed by atoms with Crippen molar-refractivity contribution in [3.63, 3.8) is 0 Å². The third-order valence-corrected chi connectivity index (χ3v) is 4.01. The number of hydrogen-bond acceptors (Lipinski definition) is 6. The summed E-state index contributed by atoms with van der Waals surface area (Å²) in [6.45, 7) is -1.92. The van der Waals surface area contributed by atoms with Crippen LogP contribution < -0.4 is 0 Å². The van der Waals surface area contributed by atoms with Gasteiger partial charge in [0.1, 0.15) is 7.85 Å². The van der Waals surface area contributed by atoms with Gasteiger partial charge in [-0.25, -0.2) is 4.79 Å². The Labute approximate surface area is 144 Å². The van der Waals surface area contributed by atoms with E-state index >= 15 is 0 Å². The Balaban J connectivity index is 2.30. The van der Waals surface area contributed by atoms with Gasteiger partial charge in [-0.15, -0.1) is 0 Å². The predicted molar refractivity (Wildman–Crippen MR) is 85.7 cm³/mol. The Bertz CT molecular complexity index is 704. The number of esters is 2. The van der Waals surface area contributed by atoms with E-state index in [-0.39, 0.29) is 19.4 Å². The molecule has 1 N–H and O–H groups in total. The first-order valence-electron chi connectivity index (χ1n) is 7.33. The molecule has 0 fully saturated rings. The second-order valence-electron chi connectivity index (χ2n) is 5.06. The standard InChI is InChI=1S/C14H17BF2O7S/c15-8-10-3-5-11(6-4-10)13(19)23-7-1-2-12(18)24-9-14(16,17)25(20,21)22/h3-6H,1-2,7-9,15H2,(H,20,21,22). The van der Waals surface area contributed by atoms with Gasteiger partial charge < -0.3 is 9.47 Å². The molecule has 1 aromatic carbocycles. The number of hydrogen-bond donors (Lipinski definition) is 1. The maximum atomic E-state index is 12.8. The third-order valence-electron chi connectivity index (χ3n) is 3.13. The van der Waals surface area contributed by atoms with Gasteiger partial charge in [-0.3, -0.25) is 9.35 Å². The SMILES string of the molecule is BCc1ccc(C(=O)OCCCC(=O)OCC(F)(F)S(=O)(=O)O)cc1. The van der Waals surface area contributed by atoms with Gasteiger partial charge in [0.2, 0.25) is 0 Å². The number of ether oxygens (including phenoxy) is 2. The lowest BCUT2D eigenvalue weighted by Gasteiger charge is -2.12. The monoisotopic (exact) mass is 378 g/mol. The maximum Gasteiger partial charge on any atom is 0.402 e. The van der Waals surface area contributed by atoms with Crippen LogP contribution >= 0.6 is 0 Å². The van der Waals surface area contributed by atoms with Crippen LogP contribution in [0.4, 0.5) is 8.78 Å². The van der Waals surface area contributed by atoms with Gasteiger partial charge >= 0.3 is 27.3 Å². The molecule has 0 amide bonds. The molecule has 0 saturated carbocycles. The number of halogens is 2. The lowest BCUT2D eigenvalue weighted by molar-refractivity contribution is -0.149. The molecule has 0 aliphatic heterocycles. The van der Waals surface area contributed by atoms with E-state index in [1.165, 1.54) is 0 Å². The Morgan fingerprint density at radius 2 is 1.76 bits per heavy atom. The molecule has 0 bridgehead atoms. The highest BCUT2D eigenvalue weighted by Gasteiger charge is 2.45. The lowest BCUT2D eigenvalue weighted by Crippen LogP contribution is -2.34. The van der Waals surface area contributed by atoms with E-state index in [0.29, 0.717) is 5.56 Å². The van der Waals surface area contributed by atoms with Crippen molar-refractivity contribution in [2.24, 2.45) is 0 Å². The molecule has 0 unspecified atom stereocenters. The summed E-state index contributed by atoms with van der Waals surface area (Å²) in [6, 6.07) is 6.77. The highest BCUT2D eigenvalue weighted by atomic mass is 32.2. The largest absolute Gasteiger partial charge is 0.462 e. The number of carbonyl (C=O) groups excluding carboxylic acids is 2. The Morgan fingerprint density at radius 1 is 1.16 bits per heavy atom. The van der Waals surface area contributed by atoms with Gasteiger partial charge in [0.15, 0.2) is 6.61 Å². The summed E-state index contributed by atoms with van der Waals surface area (Å²) in [5.41, 5.74) is 1.40. The van der Waals surface area contributed by atoms with Crippen molar-refractivity contribution in [3.05, 3.63) is 35.4 Å². The van der Waals surface area contributed by atoms with Crippen molar-refractivity contribution in [2.75, 3.05) is 13.2 Å². The molecular weight excluding hydrogens is 361 g/mol. The minimum absolute atomic E-state index is 0.00899. The molecule has 1 rings (SSSR count). The van der Waals surface area contributed by atoms with E-state index < -0.39 is 33.9 Å². The van der Waals surface area contributed by atoms with Crippen LogP contribution in [-0.2, 0) is 30.7 Å². The maximum absolute atomic E-state index is 12.8. The third kappa shape index (κ3) is 6.79. The first-order chi connectivity index (χ1) is 11.6. The van der Waals surface area contributed by atoms with E-state index in [9.17, 15) is 26.8 Å². The summed E-state index contributed by atoms with van der Waals surface area (Å²) in [5.74, 6) is -1.69. The Hall–Kier alpha value is -2.01. The van der Waals surface area contributed by atoms with Gasteiger partial charge in [-0.1, -0.05) is 24.0 Å². The normalized spacial score (nSPS) is 11.8. The average molecular weight is 378 g/mol. The van der Waals surface area contributed by atoms with Gasteiger partial charge in [0.25, 0.3) is 0 Å².